The molecular weight excluding hydrogens is 1460 g/mol. The van der Waals surface area contributed by atoms with E-state index in [9.17, 15) is 0 Å². The SMILES string of the molecule is CCC(CC)c1ccc(C)c(-c2c[c]([Ge]([CH3])([CH3])[CH3])c(C(C)(C)C)c[n+]2C)c1.Cc1cc(C(C)C)ccc1-c1c[c]([Ge]([CH3])([CH3])[CH3])c(C(C)(C)C)c[n+]1C.Cc1cc(CC(C)C)ccc1-c1c[c]([Ge]([CH3])([CH3])[CH3])c(C(C)(C)C)c[n+]1C.Cc1ccc(-c2c[c]([Ge]([CH3])([CH3])[CH3])c(C(C)(C)C)c[n+]2C)c(C)c1. The number of aryl methyl sites for hydroxylation is 9. The fourth-order valence-electron chi connectivity index (χ4n) is 14.5. The molecule has 4 nitrogen and oxygen atoms in total. The van der Waals surface area contributed by atoms with Gasteiger partial charge in [-0.25, -0.2) is 0 Å². The number of hydrogen-bond acceptors (Lipinski definition) is 0. The van der Waals surface area contributed by atoms with E-state index in [4.69, 9.17) is 0 Å². The Labute approximate surface area is 632 Å². The fraction of sp³-hybridized carbons (Fsp3) is 0.527. The molecule has 0 aliphatic rings. The summed E-state index contributed by atoms with van der Waals surface area (Å²) in [6.45, 7) is 52.9. The second-order valence-electron chi connectivity index (χ2n) is 39.3. The van der Waals surface area contributed by atoms with Crippen molar-refractivity contribution in [1.29, 1.82) is 0 Å². The summed E-state index contributed by atoms with van der Waals surface area (Å²) in [5.41, 5.74) is 28.8. The van der Waals surface area contributed by atoms with Gasteiger partial charge in [-0.2, -0.15) is 0 Å². The van der Waals surface area contributed by atoms with E-state index in [0.717, 1.165) is 6.42 Å². The van der Waals surface area contributed by atoms with E-state index in [-0.39, 0.29) is 21.7 Å². The first-order valence-electron chi connectivity index (χ1n) is 38.5. The van der Waals surface area contributed by atoms with Gasteiger partial charge in [0, 0.05) is 0 Å². The van der Waals surface area contributed by atoms with Gasteiger partial charge in [-0.3, -0.25) is 0 Å². The van der Waals surface area contributed by atoms with Crippen LogP contribution in [-0.4, -0.2) is 53.1 Å². The molecule has 0 fully saturated rings. The Morgan fingerprint density at radius 1 is 0.327 bits per heavy atom. The minimum atomic E-state index is -2.01. The molecule has 0 aliphatic heterocycles. The van der Waals surface area contributed by atoms with E-state index in [1.807, 2.05) is 0 Å². The summed E-state index contributed by atoms with van der Waals surface area (Å²) >= 11 is -7.93. The predicted molar refractivity (Wildman–Crippen MR) is 459 cm³/mol. The quantitative estimate of drug-likeness (QED) is 0.0762. The van der Waals surface area contributed by atoms with Crippen molar-refractivity contribution in [2.75, 3.05) is 0 Å². The molecule has 101 heavy (non-hydrogen) atoms. The van der Waals surface area contributed by atoms with Gasteiger partial charge in [-0.05, 0) is 0 Å². The van der Waals surface area contributed by atoms with Crippen molar-refractivity contribution in [2.45, 2.75) is 281 Å². The Kier molecular flexibility index (Phi) is 29.1. The molecule has 0 N–H and O–H groups in total. The second-order valence-corrected chi connectivity index (χ2v) is 81.6. The molecule has 8 heteroatoms. The molecular formula is C93H146Ge4N4+4. The van der Waals surface area contributed by atoms with Crippen molar-refractivity contribution in [3.05, 3.63) is 189 Å². The molecule has 0 radical (unpaired) electrons. The summed E-state index contributed by atoms with van der Waals surface area (Å²) in [5.74, 6) is 32.0. The summed E-state index contributed by atoms with van der Waals surface area (Å²) in [6.07, 6.45) is 13.1. The van der Waals surface area contributed by atoms with Crippen LogP contribution in [0.3, 0.4) is 0 Å². The Morgan fingerprint density at radius 3 is 0.901 bits per heavy atom. The predicted octanol–water partition coefficient (Wildman–Crippen LogP) is 21.9. The van der Waals surface area contributed by atoms with E-state index in [1.54, 1.807) is 17.6 Å². The monoisotopic (exact) mass is 1610 g/mol. The number of nitrogens with zero attached hydrogens (tertiary/aromatic N) is 4. The van der Waals surface area contributed by atoms with E-state index in [2.05, 4.69) is 397 Å². The van der Waals surface area contributed by atoms with Gasteiger partial charge >= 0.3 is 638 Å². The van der Waals surface area contributed by atoms with Gasteiger partial charge in [-0.15, -0.1) is 0 Å². The van der Waals surface area contributed by atoms with Crippen LogP contribution in [0.5, 0.6) is 0 Å². The van der Waals surface area contributed by atoms with Crippen LogP contribution in [0.25, 0.3) is 45.0 Å². The molecule has 8 aromatic rings. The van der Waals surface area contributed by atoms with E-state index < -0.39 is 53.1 Å². The van der Waals surface area contributed by atoms with Gasteiger partial charge in [0.05, 0.1) is 0 Å². The maximum atomic E-state index is 2.53. The van der Waals surface area contributed by atoms with Crippen LogP contribution in [0.2, 0.25) is 69.1 Å². The van der Waals surface area contributed by atoms with Crippen molar-refractivity contribution in [2.24, 2.45) is 34.1 Å². The fourth-order valence-corrected chi connectivity index (χ4v) is 29.8. The summed E-state index contributed by atoms with van der Waals surface area (Å²) in [4.78, 5) is 0. The zero-order chi connectivity index (χ0) is 77.2. The summed E-state index contributed by atoms with van der Waals surface area (Å²) in [7, 11) is 8.79. The van der Waals surface area contributed by atoms with Crippen LogP contribution >= 0.6 is 0 Å². The molecule has 8 rings (SSSR count). The summed E-state index contributed by atoms with van der Waals surface area (Å²) < 4.78 is 15.9. The Hall–Kier alpha value is -4.35. The van der Waals surface area contributed by atoms with Crippen molar-refractivity contribution in [1.82, 2.24) is 0 Å². The van der Waals surface area contributed by atoms with Crippen LogP contribution in [-0.2, 0) is 56.3 Å². The number of benzene rings is 4. The zero-order valence-corrected chi connectivity index (χ0v) is 80.6. The minimum absolute atomic E-state index is 0.177. The number of hydrogen-bond donors (Lipinski definition) is 0. The van der Waals surface area contributed by atoms with Crippen molar-refractivity contribution in [3.8, 4) is 45.0 Å². The number of aromatic nitrogens is 4. The normalized spacial score (nSPS) is 12.7. The van der Waals surface area contributed by atoms with Crippen LogP contribution in [0.4, 0.5) is 0 Å². The molecule has 0 saturated carbocycles. The molecule has 0 atom stereocenters. The summed E-state index contributed by atoms with van der Waals surface area (Å²) in [5, 5.41) is 0. The Morgan fingerprint density at radius 2 is 0.624 bits per heavy atom. The molecule has 0 aliphatic carbocycles. The average Bonchev–Trinajstić information content (AvgIpc) is 0.785. The van der Waals surface area contributed by atoms with Crippen molar-refractivity contribution in [3.63, 3.8) is 0 Å². The molecule has 0 unspecified atom stereocenters. The topological polar surface area (TPSA) is 15.5 Å². The molecule has 550 valence electrons. The van der Waals surface area contributed by atoms with Crippen molar-refractivity contribution < 1.29 is 18.3 Å². The third-order valence-electron chi connectivity index (χ3n) is 20.6. The van der Waals surface area contributed by atoms with Crippen LogP contribution < -0.4 is 35.9 Å². The zero-order valence-electron chi connectivity index (χ0n) is 72.2. The molecule has 0 amide bonds. The Balaban J connectivity index is 0.000000243. The number of rotatable bonds is 14. The summed E-state index contributed by atoms with van der Waals surface area (Å²) in [6, 6.07) is 37.9. The van der Waals surface area contributed by atoms with Gasteiger partial charge in [0.15, 0.2) is 0 Å². The van der Waals surface area contributed by atoms with Gasteiger partial charge < -0.3 is 0 Å². The average molecular weight is 1610 g/mol. The molecule has 4 aromatic heterocycles. The molecule has 0 saturated heterocycles. The van der Waals surface area contributed by atoms with Crippen LogP contribution in [0.1, 0.15) is 216 Å². The third kappa shape index (κ3) is 22.8. The molecule has 4 aromatic carbocycles. The number of pyridine rings is 4. The van der Waals surface area contributed by atoms with Gasteiger partial charge in [0.25, 0.3) is 0 Å². The molecule has 4 heterocycles. The standard InChI is InChI=1S/C25H40GeN.C24H38GeN.C23H36GeN.C21H32GeN/c1-11-19(12-2)20-14-13-18(3)21(15-20)24-16-23(26(7,8)9)22(17-27(24)10)25(4,5)6;1-17(2)13-19-11-12-20(18(3)14-19)23-15-22(25(7,8)9)21(16-26(23)10)24(4,5)6;1-16(2)18-11-12-19(17(3)13-18)22-14-21(24(7,8)9)20(15-25(22)10)23(4,5)6;1-15-10-11-17(16(2)12-15)20-13-19(22(6,7)8)18(14-23(20)9)21(3,4)5/h13-17,19H,11-12H2,1-10H3;11-12,14-17H,13H2,1-10H3;11-16H,1-10H3;10-14H,1-9H3/q4*+1. The first kappa shape index (κ1) is 87.3. The first-order chi connectivity index (χ1) is 45.9. The van der Waals surface area contributed by atoms with Gasteiger partial charge in [0.2, 0.25) is 0 Å². The van der Waals surface area contributed by atoms with Gasteiger partial charge in [-0.1, -0.05) is 0 Å². The van der Waals surface area contributed by atoms with E-state index in [0.29, 0.717) is 17.8 Å². The molecule has 0 spiro atoms. The van der Waals surface area contributed by atoms with Crippen molar-refractivity contribution >= 4 is 70.6 Å². The third-order valence-corrected chi connectivity index (χ3v) is 37.7. The van der Waals surface area contributed by atoms with E-state index >= 15 is 0 Å². The van der Waals surface area contributed by atoms with Crippen LogP contribution in [0, 0.1) is 40.5 Å². The van der Waals surface area contributed by atoms with Gasteiger partial charge in [0.1, 0.15) is 0 Å². The van der Waals surface area contributed by atoms with Crippen LogP contribution in [0.15, 0.2) is 122 Å². The maximum absolute atomic E-state index is 2.53. The Bertz CT molecular complexity index is 4180. The second kappa shape index (κ2) is 33.6. The molecule has 0 bridgehead atoms. The van der Waals surface area contributed by atoms with E-state index in [1.165, 1.54) is 125 Å². The first-order valence-corrected chi connectivity index (χ1v) is 67.9.